The summed E-state index contributed by atoms with van der Waals surface area (Å²) in [5.41, 5.74) is 0.515. The molecule has 0 radical (unpaired) electrons. The number of aliphatic carboxylic acids is 1. The summed E-state index contributed by atoms with van der Waals surface area (Å²) in [6, 6.07) is 3.17. The van der Waals surface area contributed by atoms with E-state index in [1.807, 2.05) is 0 Å². The number of nitrogens with zero attached hydrogens (tertiary/aromatic N) is 1. The van der Waals surface area contributed by atoms with Gasteiger partial charge in [-0.05, 0) is 24.1 Å². The van der Waals surface area contributed by atoms with Gasteiger partial charge in [0.2, 0.25) is 0 Å². The molecule has 1 heterocycles. The van der Waals surface area contributed by atoms with E-state index in [1.54, 1.807) is 16.8 Å². The average Bonchev–Trinajstić information content (AvgIpc) is 2.25. The second-order valence-electron chi connectivity index (χ2n) is 3.52. The molecule has 0 bridgehead atoms. The summed E-state index contributed by atoms with van der Waals surface area (Å²) in [5.74, 6) is -1.02. The van der Waals surface area contributed by atoms with Gasteiger partial charge in [0.15, 0.2) is 0 Å². The van der Waals surface area contributed by atoms with E-state index in [0.29, 0.717) is 12.1 Å². The van der Waals surface area contributed by atoms with Crippen molar-refractivity contribution in [3.8, 4) is 0 Å². The zero-order valence-electron chi connectivity index (χ0n) is 9.22. The van der Waals surface area contributed by atoms with Crippen LogP contribution in [0, 0.1) is 0 Å². The predicted octanol–water partition coefficient (Wildman–Crippen LogP) is 1.75. The number of carboxylic acids is 1. The summed E-state index contributed by atoms with van der Waals surface area (Å²) in [4.78, 5) is 21.9. The predicted molar refractivity (Wildman–Crippen MR) is 62.3 cm³/mol. The van der Waals surface area contributed by atoms with Gasteiger partial charge in [-0.3, -0.25) is 4.79 Å². The first-order chi connectivity index (χ1) is 7.63. The van der Waals surface area contributed by atoms with Crippen LogP contribution in [0.4, 0.5) is 0 Å². The number of aromatic nitrogens is 1. The minimum Gasteiger partial charge on any atom is -0.478 e. The van der Waals surface area contributed by atoms with Crippen LogP contribution in [0.3, 0.4) is 0 Å². The number of aryl methyl sites for hydroxylation is 1. The van der Waals surface area contributed by atoms with Gasteiger partial charge < -0.3 is 9.67 Å². The molecule has 0 unspecified atom stereocenters. The second-order valence-corrected chi connectivity index (χ2v) is 3.52. The third-order valence-corrected chi connectivity index (χ3v) is 2.19. The number of hydrogen-bond donors (Lipinski definition) is 1. The normalized spacial score (nSPS) is 10.8. The molecule has 0 saturated heterocycles. The molecule has 0 saturated carbocycles. The smallest absolute Gasteiger partial charge is 0.328 e. The van der Waals surface area contributed by atoms with Crippen molar-refractivity contribution >= 4 is 12.0 Å². The first kappa shape index (κ1) is 12.2. The molecule has 1 aromatic heterocycles. The van der Waals surface area contributed by atoms with Gasteiger partial charge in [-0.1, -0.05) is 13.3 Å². The Morgan fingerprint density at radius 1 is 1.56 bits per heavy atom. The highest BCUT2D eigenvalue weighted by atomic mass is 16.4. The lowest BCUT2D eigenvalue weighted by Crippen LogP contribution is -2.18. The maximum Gasteiger partial charge on any atom is 0.328 e. The van der Waals surface area contributed by atoms with Gasteiger partial charge in [0.05, 0.1) is 0 Å². The van der Waals surface area contributed by atoms with Crippen LogP contribution >= 0.6 is 0 Å². The van der Waals surface area contributed by atoms with E-state index in [4.69, 9.17) is 5.11 Å². The standard InChI is InChI=1S/C12H15NO3/c1-2-3-7-13-8-6-10(9-11(13)14)4-5-12(15)16/h4-6,8-9H,2-3,7H2,1H3,(H,15,16). The molecule has 0 atom stereocenters. The molecule has 4 heteroatoms. The van der Waals surface area contributed by atoms with Gasteiger partial charge in [-0.25, -0.2) is 4.79 Å². The van der Waals surface area contributed by atoms with Crippen molar-refractivity contribution in [2.45, 2.75) is 26.3 Å². The molecule has 0 aliphatic carbocycles. The van der Waals surface area contributed by atoms with Crippen LogP contribution in [0.15, 0.2) is 29.2 Å². The van der Waals surface area contributed by atoms with Gasteiger partial charge in [-0.15, -0.1) is 0 Å². The lowest BCUT2D eigenvalue weighted by atomic mass is 10.2. The van der Waals surface area contributed by atoms with Gasteiger partial charge in [0.1, 0.15) is 0 Å². The van der Waals surface area contributed by atoms with Gasteiger partial charge in [0.25, 0.3) is 5.56 Å². The van der Waals surface area contributed by atoms with Gasteiger partial charge >= 0.3 is 5.97 Å². The Labute approximate surface area is 93.8 Å². The fourth-order valence-electron chi connectivity index (χ4n) is 1.31. The largest absolute Gasteiger partial charge is 0.478 e. The van der Waals surface area contributed by atoms with E-state index < -0.39 is 5.97 Å². The Bertz CT molecular complexity index is 446. The SMILES string of the molecule is CCCCn1ccc(C=CC(=O)O)cc1=O. The fraction of sp³-hybridized carbons (Fsp3) is 0.333. The molecule has 0 spiro atoms. The van der Waals surface area contributed by atoms with Crippen molar-refractivity contribution in [2.24, 2.45) is 0 Å². The van der Waals surface area contributed by atoms with E-state index in [9.17, 15) is 9.59 Å². The lowest BCUT2D eigenvalue weighted by molar-refractivity contribution is -0.131. The van der Waals surface area contributed by atoms with Crippen LogP contribution in [-0.4, -0.2) is 15.6 Å². The number of carboxylic acid groups (broad SMARTS) is 1. The van der Waals surface area contributed by atoms with Gasteiger partial charge in [0, 0.05) is 24.9 Å². The maximum absolute atomic E-state index is 11.6. The van der Waals surface area contributed by atoms with Crippen molar-refractivity contribution in [1.82, 2.24) is 4.57 Å². The monoisotopic (exact) mass is 221 g/mol. The van der Waals surface area contributed by atoms with Crippen LogP contribution in [-0.2, 0) is 11.3 Å². The first-order valence-corrected chi connectivity index (χ1v) is 5.25. The van der Waals surface area contributed by atoms with Crippen LogP contribution in [0.2, 0.25) is 0 Å². The molecular formula is C12H15NO3. The summed E-state index contributed by atoms with van der Waals surface area (Å²) < 4.78 is 1.63. The fourth-order valence-corrected chi connectivity index (χ4v) is 1.31. The Morgan fingerprint density at radius 2 is 2.31 bits per heavy atom. The van der Waals surface area contributed by atoms with Crippen molar-refractivity contribution in [1.29, 1.82) is 0 Å². The summed E-state index contributed by atoms with van der Waals surface area (Å²) in [6.45, 7) is 2.77. The summed E-state index contributed by atoms with van der Waals surface area (Å²) >= 11 is 0. The highest BCUT2D eigenvalue weighted by Crippen LogP contribution is 1.99. The number of unbranched alkanes of at least 4 members (excludes halogenated alkanes) is 1. The highest BCUT2D eigenvalue weighted by Gasteiger charge is 1.96. The molecule has 1 aromatic rings. The Balaban J connectivity index is 2.82. The van der Waals surface area contributed by atoms with Crippen molar-refractivity contribution in [3.63, 3.8) is 0 Å². The zero-order valence-corrected chi connectivity index (χ0v) is 9.22. The molecule has 4 nitrogen and oxygen atoms in total. The first-order valence-electron chi connectivity index (χ1n) is 5.25. The van der Waals surface area contributed by atoms with Crippen molar-refractivity contribution < 1.29 is 9.90 Å². The van der Waals surface area contributed by atoms with Crippen LogP contribution in [0.25, 0.3) is 6.08 Å². The highest BCUT2D eigenvalue weighted by molar-refractivity contribution is 5.85. The van der Waals surface area contributed by atoms with Crippen molar-refractivity contribution in [3.05, 3.63) is 40.3 Å². The van der Waals surface area contributed by atoms with E-state index in [2.05, 4.69) is 6.92 Å². The molecule has 1 rings (SSSR count). The summed E-state index contributed by atoms with van der Waals surface area (Å²) in [7, 11) is 0. The third-order valence-electron chi connectivity index (χ3n) is 2.19. The van der Waals surface area contributed by atoms with E-state index in [0.717, 1.165) is 18.9 Å². The molecule has 0 aromatic carbocycles. The van der Waals surface area contributed by atoms with Crippen molar-refractivity contribution in [2.75, 3.05) is 0 Å². The summed E-state index contributed by atoms with van der Waals surface area (Å²) in [6.07, 6.45) is 6.12. The Hall–Kier alpha value is -1.84. The second kappa shape index (κ2) is 5.90. The topological polar surface area (TPSA) is 59.3 Å². The third kappa shape index (κ3) is 3.73. The minimum absolute atomic E-state index is 0.0963. The molecule has 16 heavy (non-hydrogen) atoms. The van der Waals surface area contributed by atoms with E-state index in [-0.39, 0.29) is 5.56 Å². The van der Waals surface area contributed by atoms with E-state index >= 15 is 0 Å². The number of rotatable bonds is 5. The summed E-state index contributed by atoms with van der Waals surface area (Å²) in [5, 5.41) is 8.44. The molecular weight excluding hydrogens is 206 g/mol. The Kier molecular flexibility index (Phi) is 4.51. The number of pyridine rings is 1. The van der Waals surface area contributed by atoms with E-state index in [1.165, 1.54) is 12.1 Å². The Morgan fingerprint density at radius 3 is 2.88 bits per heavy atom. The number of carbonyl (C=O) groups is 1. The van der Waals surface area contributed by atoms with Crippen LogP contribution < -0.4 is 5.56 Å². The lowest BCUT2D eigenvalue weighted by Gasteiger charge is -2.03. The molecule has 0 aliphatic heterocycles. The zero-order chi connectivity index (χ0) is 12.0. The molecule has 0 amide bonds. The van der Waals surface area contributed by atoms with Gasteiger partial charge in [-0.2, -0.15) is 0 Å². The van der Waals surface area contributed by atoms with Crippen LogP contribution in [0.5, 0.6) is 0 Å². The molecule has 0 fully saturated rings. The average molecular weight is 221 g/mol. The minimum atomic E-state index is -1.02. The quantitative estimate of drug-likeness (QED) is 0.770. The van der Waals surface area contributed by atoms with Crippen LogP contribution in [0.1, 0.15) is 25.3 Å². The molecule has 1 N–H and O–H groups in total. The molecule has 0 aliphatic rings. The maximum atomic E-state index is 11.6. The molecule has 86 valence electrons. The number of hydrogen-bond acceptors (Lipinski definition) is 2.